The SMILES string of the molecule is CCc1oc(C(C)(C)C)c(C(=O)O)c1C=O. The number of carbonyl (C=O) groups excluding carboxylic acids is 1. The molecular weight excluding hydrogens is 208 g/mol. The van der Waals surface area contributed by atoms with E-state index in [9.17, 15) is 9.59 Å². The van der Waals surface area contributed by atoms with Gasteiger partial charge in [-0.05, 0) is 0 Å². The molecule has 1 rings (SSSR count). The number of aromatic carboxylic acids is 1. The number of aldehydes is 1. The van der Waals surface area contributed by atoms with Gasteiger partial charge in [0.2, 0.25) is 0 Å². The highest BCUT2D eigenvalue weighted by Crippen LogP contribution is 2.32. The minimum absolute atomic E-state index is 0.000602. The summed E-state index contributed by atoms with van der Waals surface area (Å²) < 4.78 is 5.50. The minimum atomic E-state index is -1.12. The van der Waals surface area contributed by atoms with Crippen molar-refractivity contribution in [2.45, 2.75) is 39.5 Å². The topological polar surface area (TPSA) is 67.5 Å². The summed E-state index contributed by atoms with van der Waals surface area (Å²) in [6, 6.07) is 0. The molecule has 0 bridgehead atoms. The van der Waals surface area contributed by atoms with Gasteiger partial charge in [0.25, 0.3) is 0 Å². The van der Waals surface area contributed by atoms with E-state index in [1.165, 1.54) is 0 Å². The predicted octanol–water partition coefficient (Wildman–Crippen LogP) is 2.65. The van der Waals surface area contributed by atoms with E-state index in [2.05, 4.69) is 0 Å². The minimum Gasteiger partial charge on any atom is -0.478 e. The van der Waals surface area contributed by atoms with Crippen LogP contribution in [-0.2, 0) is 11.8 Å². The van der Waals surface area contributed by atoms with Crippen LogP contribution in [0.3, 0.4) is 0 Å². The Morgan fingerprint density at radius 2 is 2.00 bits per heavy atom. The van der Waals surface area contributed by atoms with E-state index < -0.39 is 11.4 Å². The Balaban J connectivity index is 3.56. The molecule has 0 spiro atoms. The quantitative estimate of drug-likeness (QED) is 0.801. The van der Waals surface area contributed by atoms with Crippen LogP contribution in [0.25, 0.3) is 0 Å². The number of furan rings is 1. The van der Waals surface area contributed by atoms with Crippen LogP contribution in [-0.4, -0.2) is 17.4 Å². The molecule has 1 N–H and O–H groups in total. The Morgan fingerprint density at radius 3 is 2.31 bits per heavy atom. The molecule has 1 aromatic heterocycles. The maximum atomic E-state index is 11.2. The fourth-order valence-electron chi connectivity index (χ4n) is 1.62. The largest absolute Gasteiger partial charge is 0.478 e. The van der Waals surface area contributed by atoms with Gasteiger partial charge in [-0.2, -0.15) is 0 Å². The molecule has 0 aliphatic heterocycles. The Bertz CT molecular complexity index is 421. The fraction of sp³-hybridized carbons (Fsp3) is 0.500. The first-order chi connectivity index (χ1) is 7.32. The van der Waals surface area contributed by atoms with E-state index in [1.54, 1.807) is 0 Å². The van der Waals surface area contributed by atoms with Crippen molar-refractivity contribution in [3.05, 3.63) is 22.6 Å². The molecule has 0 aliphatic rings. The number of aryl methyl sites for hydroxylation is 1. The zero-order valence-electron chi connectivity index (χ0n) is 9.96. The molecule has 16 heavy (non-hydrogen) atoms. The van der Waals surface area contributed by atoms with Crippen LogP contribution >= 0.6 is 0 Å². The first kappa shape index (κ1) is 12.5. The number of carbonyl (C=O) groups is 2. The van der Waals surface area contributed by atoms with Crippen molar-refractivity contribution in [3.63, 3.8) is 0 Å². The first-order valence-electron chi connectivity index (χ1n) is 5.17. The van der Waals surface area contributed by atoms with Gasteiger partial charge in [-0.15, -0.1) is 0 Å². The third-order valence-corrected chi connectivity index (χ3v) is 2.36. The molecule has 0 saturated heterocycles. The standard InChI is InChI=1S/C12H16O4/c1-5-8-7(6-13)9(11(14)15)10(16-8)12(2,3)4/h6H,5H2,1-4H3,(H,14,15). The van der Waals surface area contributed by atoms with Gasteiger partial charge in [-0.1, -0.05) is 27.7 Å². The van der Waals surface area contributed by atoms with Gasteiger partial charge >= 0.3 is 5.97 Å². The average Bonchev–Trinajstić information content (AvgIpc) is 2.54. The van der Waals surface area contributed by atoms with E-state index >= 15 is 0 Å². The number of hydrogen-bond donors (Lipinski definition) is 1. The summed E-state index contributed by atoms with van der Waals surface area (Å²) in [5, 5.41) is 9.13. The summed E-state index contributed by atoms with van der Waals surface area (Å²) in [5.41, 5.74) is -0.266. The number of hydrogen-bond acceptors (Lipinski definition) is 3. The Kier molecular flexibility index (Phi) is 3.21. The van der Waals surface area contributed by atoms with Crippen molar-refractivity contribution < 1.29 is 19.1 Å². The fourth-order valence-corrected chi connectivity index (χ4v) is 1.62. The molecule has 0 radical (unpaired) electrons. The average molecular weight is 224 g/mol. The molecule has 0 atom stereocenters. The van der Waals surface area contributed by atoms with Crippen LogP contribution in [0.4, 0.5) is 0 Å². The molecule has 0 fully saturated rings. The zero-order chi connectivity index (χ0) is 12.5. The summed E-state index contributed by atoms with van der Waals surface area (Å²) >= 11 is 0. The second kappa shape index (κ2) is 4.12. The van der Waals surface area contributed by atoms with Crippen LogP contribution in [0.15, 0.2) is 4.42 Å². The van der Waals surface area contributed by atoms with Crippen LogP contribution in [0.1, 0.15) is 59.9 Å². The Hall–Kier alpha value is -1.58. The lowest BCUT2D eigenvalue weighted by Crippen LogP contribution is -2.15. The molecule has 1 aromatic rings. The van der Waals surface area contributed by atoms with Crippen LogP contribution in [0, 0.1) is 0 Å². The monoisotopic (exact) mass is 224 g/mol. The van der Waals surface area contributed by atoms with Crippen molar-refractivity contribution in [2.75, 3.05) is 0 Å². The van der Waals surface area contributed by atoms with E-state index in [4.69, 9.17) is 9.52 Å². The number of carboxylic acids is 1. The predicted molar refractivity (Wildman–Crippen MR) is 59.1 cm³/mol. The van der Waals surface area contributed by atoms with Gasteiger partial charge in [0.05, 0.1) is 5.56 Å². The molecular formula is C12H16O4. The van der Waals surface area contributed by atoms with Crippen molar-refractivity contribution in [3.8, 4) is 0 Å². The lowest BCUT2D eigenvalue weighted by atomic mass is 9.89. The smallest absolute Gasteiger partial charge is 0.340 e. The van der Waals surface area contributed by atoms with E-state index in [0.29, 0.717) is 24.2 Å². The molecule has 0 aliphatic carbocycles. The normalized spacial score (nSPS) is 11.5. The lowest BCUT2D eigenvalue weighted by molar-refractivity contribution is 0.0689. The Labute approximate surface area is 94.3 Å². The molecule has 0 aromatic carbocycles. The van der Waals surface area contributed by atoms with Crippen molar-refractivity contribution >= 4 is 12.3 Å². The number of carboxylic acid groups (broad SMARTS) is 1. The van der Waals surface area contributed by atoms with Gasteiger partial charge in [0.15, 0.2) is 6.29 Å². The van der Waals surface area contributed by atoms with Crippen LogP contribution in [0.5, 0.6) is 0 Å². The van der Waals surface area contributed by atoms with E-state index in [-0.39, 0.29) is 11.1 Å². The number of rotatable bonds is 3. The third-order valence-electron chi connectivity index (χ3n) is 2.36. The van der Waals surface area contributed by atoms with E-state index in [1.807, 2.05) is 27.7 Å². The van der Waals surface area contributed by atoms with Crippen LogP contribution in [0.2, 0.25) is 0 Å². The maximum Gasteiger partial charge on any atom is 0.340 e. The third kappa shape index (κ3) is 2.01. The maximum absolute atomic E-state index is 11.2. The first-order valence-corrected chi connectivity index (χ1v) is 5.17. The summed E-state index contributed by atoms with van der Waals surface area (Å²) in [4.78, 5) is 22.1. The highest BCUT2D eigenvalue weighted by molar-refractivity contribution is 5.99. The van der Waals surface area contributed by atoms with Gasteiger partial charge < -0.3 is 9.52 Å². The molecule has 0 saturated carbocycles. The Morgan fingerprint density at radius 1 is 1.44 bits per heavy atom. The highest BCUT2D eigenvalue weighted by Gasteiger charge is 2.31. The summed E-state index contributed by atoms with van der Waals surface area (Å²) in [5.74, 6) is -0.313. The van der Waals surface area contributed by atoms with Crippen molar-refractivity contribution in [2.24, 2.45) is 0 Å². The van der Waals surface area contributed by atoms with Crippen LogP contribution < -0.4 is 0 Å². The summed E-state index contributed by atoms with van der Waals surface area (Å²) in [7, 11) is 0. The van der Waals surface area contributed by atoms with Gasteiger partial charge in [0.1, 0.15) is 17.1 Å². The molecule has 4 heteroatoms. The van der Waals surface area contributed by atoms with E-state index in [0.717, 1.165) is 0 Å². The molecule has 0 unspecified atom stereocenters. The molecule has 4 nitrogen and oxygen atoms in total. The van der Waals surface area contributed by atoms with Gasteiger partial charge in [0, 0.05) is 11.8 Å². The van der Waals surface area contributed by atoms with Crippen molar-refractivity contribution in [1.82, 2.24) is 0 Å². The lowest BCUT2D eigenvalue weighted by Gasteiger charge is -2.15. The second-order valence-corrected chi connectivity index (χ2v) is 4.67. The summed E-state index contributed by atoms with van der Waals surface area (Å²) in [6.45, 7) is 7.38. The molecule has 0 amide bonds. The van der Waals surface area contributed by atoms with Gasteiger partial charge in [-0.3, -0.25) is 4.79 Å². The second-order valence-electron chi connectivity index (χ2n) is 4.67. The summed E-state index contributed by atoms with van der Waals surface area (Å²) in [6.07, 6.45) is 1.06. The molecule has 88 valence electrons. The zero-order valence-corrected chi connectivity index (χ0v) is 9.96. The molecule has 1 heterocycles. The van der Waals surface area contributed by atoms with Gasteiger partial charge in [-0.25, -0.2) is 4.79 Å². The highest BCUT2D eigenvalue weighted by atomic mass is 16.4. The van der Waals surface area contributed by atoms with Crippen molar-refractivity contribution in [1.29, 1.82) is 0 Å².